The second kappa shape index (κ2) is 78.3. The van der Waals surface area contributed by atoms with E-state index in [2.05, 4.69) is 41.5 Å². The van der Waals surface area contributed by atoms with Crippen molar-refractivity contribution >= 4 is 39.5 Å². The number of phosphoric ester groups is 2. The molecule has 3 N–H and O–H groups in total. The third-order valence-electron chi connectivity index (χ3n) is 20.5. The maximum Gasteiger partial charge on any atom is 0.472 e. The first-order valence-corrected chi connectivity index (χ1v) is 48.0. The average molecular weight is 1550 g/mol. The van der Waals surface area contributed by atoms with Crippen LogP contribution in [0, 0.1) is 11.8 Å². The van der Waals surface area contributed by atoms with E-state index in [1.54, 1.807) is 0 Å². The zero-order valence-electron chi connectivity index (χ0n) is 69.7. The van der Waals surface area contributed by atoms with Crippen LogP contribution in [-0.2, 0) is 65.4 Å². The third-order valence-corrected chi connectivity index (χ3v) is 22.4. The monoisotopic (exact) mass is 1550 g/mol. The van der Waals surface area contributed by atoms with E-state index in [4.69, 9.17) is 37.0 Å². The van der Waals surface area contributed by atoms with E-state index < -0.39 is 97.5 Å². The third kappa shape index (κ3) is 80.1. The van der Waals surface area contributed by atoms with Gasteiger partial charge >= 0.3 is 39.5 Å². The van der Waals surface area contributed by atoms with Crippen LogP contribution in [0.4, 0.5) is 0 Å². The minimum Gasteiger partial charge on any atom is -0.462 e. The normalized spacial score (nSPS) is 13.8. The van der Waals surface area contributed by atoms with Gasteiger partial charge in [0, 0.05) is 25.7 Å². The van der Waals surface area contributed by atoms with Crippen molar-refractivity contribution in [2.24, 2.45) is 11.8 Å². The summed E-state index contributed by atoms with van der Waals surface area (Å²) in [6.07, 6.45) is 70.8. The molecular formula is C87H170O17P2. The van der Waals surface area contributed by atoms with E-state index >= 15 is 0 Å². The number of hydrogen-bond acceptors (Lipinski definition) is 15. The number of rotatable bonds is 86. The first-order chi connectivity index (χ1) is 51.4. The molecule has 5 atom stereocenters. The molecule has 0 saturated carbocycles. The first kappa shape index (κ1) is 104. The molecule has 0 heterocycles. The molecule has 0 rings (SSSR count). The fourth-order valence-corrected chi connectivity index (χ4v) is 15.2. The molecule has 630 valence electrons. The Bertz CT molecular complexity index is 2030. The smallest absolute Gasteiger partial charge is 0.462 e. The molecule has 0 radical (unpaired) electrons. The maximum atomic E-state index is 13.2. The Morgan fingerprint density at radius 3 is 0.642 bits per heavy atom. The highest BCUT2D eigenvalue weighted by atomic mass is 31.2. The van der Waals surface area contributed by atoms with Crippen molar-refractivity contribution in [2.75, 3.05) is 39.6 Å². The van der Waals surface area contributed by atoms with Crippen molar-refractivity contribution in [3.63, 3.8) is 0 Å². The van der Waals surface area contributed by atoms with Crippen LogP contribution in [0.5, 0.6) is 0 Å². The Labute approximate surface area is 651 Å². The maximum absolute atomic E-state index is 13.2. The number of esters is 4. The van der Waals surface area contributed by atoms with Gasteiger partial charge in [0.2, 0.25) is 0 Å². The van der Waals surface area contributed by atoms with Gasteiger partial charge < -0.3 is 33.8 Å². The van der Waals surface area contributed by atoms with Crippen LogP contribution in [-0.4, -0.2) is 96.7 Å². The van der Waals surface area contributed by atoms with Gasteiger partial charge in [0.1, 0.15) is 19.3 Å². The quantitative estimate of drug-likeness (QED) is 0.0222. The molecule has 0 aliphatic rings. The molecule has 0 amide bonds. The highest BCUT2D eigenvalue weighted by Gasteiger charge is 2.30. The summed E-state index contributed by atoms with van der Waals surface area (Å²) in [4.78, 5) is 73.3. The number of hydrogen-bond donors (Lipinski definition) is 3. The number of carbonyl (C=O) groups excluding carboxylic acids is 4. The highest BCUT2D eigenvalue weighted by molar-refractivity contribution is 7.47. The summed E-state index contributed by atoms with van der Waals surface area (Å²) in [5, 5.41) is 10.7. The van der Waals surface area contributed by atoms with E-state index in [1.165, 1.54) is 283 Å². The second-order valence-corrected chi connectivity index (χ2v) is 35.1. The molecule has 0 aromatic rings. The lowest BCUT2D eigenvalue weighted by molar-refractivity contribution is -0.161. The van der Waals surface area contributed by atoms with Crippen LogP contribution in [0.2, 0.25) is 0 Å². The molecule has 0 saturated heterocycles. The first-order valence-electron chi connectivity index (χ1n) is 45.0. The molecule has 0 bridgehead atoms. The molecule has 17 nitrogen and oxygen atoms in total. The van der Waals surface area contributed by atoms with Crippen molar-refractivity contribution < 1.29 is 80.2 Å². The van der Waals surface area contributed by atoms with E-state index in [0.717, 1.165) is 102 Å². The number of unbranched alkanes of at least 4 members (excludes halogenated alkanes) is 56. The predicted molar refractivity (Wildman–Crippen MR) is 437 cm³/mol. The van der Waals surface area contributed by atoms with Gasteiger partial charge in [0.15, 0.2) is 12.2 Å². The van der Waals surface area contributed by atoms with Crippen LogP contribution in [0.3, 0.4) is 0 Å². The van der Waals surface area contributed by atoms with Crippen molar-refractivity contribution in [1.82, 2.24) is 0 Å². The van der Waals surface area contributed by atoms with Crippen molar-refractivity contribution in [2.45, 2.75) is 484 Å². The van der Waals surface area contributed by atoms with E-state index in [9.17, 15) is 43.2 Å². The van der Waals surface area contributed by atoms with Crippen LogP contribution in [0.1, 0.15) is 465 Å². The van der Waals surface area contributed by atoms with Crippen LogP contribution >= 0.6 is 15.6 Å². The van der Waals surface area contributed by atoms with Crippen LogP contribution in [0.15, 0.2) is 0 Å². The van der Waals surface area contributed by atoms with Gasteiger partial charge in [-0.15, -0.1) is 0 Å². The van der Waals surface area contributed by atoms with Gasteiger partial charge in [-0.25, -0.2) is 9.13 Å². The topological polar surface area (TPSA) is 237 Å². The van der Waals surface area contributed by atoms with Gasteiger partial charge in [-0.3, -0.25) is 37.3 Å². The van der Waals surface area contributed by atoms with E-state index in [0.29, 0.717) is 25.7 Å². The zero-order chi connectivity index (χ0) is 77.8. The van der Waals surface area contributed by atoms with Crippen molar-refractivity contribution in [3.05, 3.63) is 0 Å². The molecule has 0 spiro atoms. The SMILES string of the molecule is CCCCCCCCCCCCCCCCCCCCCCC(=O)O[C@H](COC(=O)CCCCCCCCCCCCCCCCCCC(C)C)COP(=O)(O)OC[C@@H](O)COP(=O)(O)OC[C@@H](COC(=O)CCCCCCCCCCCCCC)OC(=O)CCCCCCCCCCCCCCC(C)C. The van der Waals surface area contributed by atoms with E-state index in [1.807, 2.05) is 0 Å². The summed E-state index contributed by atoms with van der Waals surface area (Å²) in [6, 6.07) is 0. The number of ether oxygens (including phenoxy) is 4. The van der Waals surface area contributed by atoms with Crippen molar-refractivity contribution in [3.8, 4) is 0 Å². The summed E-state index contributed by atoms with van der Waals surface area (Å²) in [7, 11) is -9.93. The van der Waals surface area contributed by atoms with Crippen LogP contribution in [0.25, 0.3) is 0 Å². The number of aliphatic hydroxyl groups is 1. The average Bonchev–Trinajstić information content (AvgIpc) is 0.900. The summed E-state index contributed by atoms with van der Waals surface area (Å²) >= 11 is 0. The number of aliphatic hydroxyl groups excluding tert-OH is 1. The molecule has 0 aliphatic carbocycles. The number of carbonyl (C=O) groups is 4. The standard InChI is InChI=1S/C87H170O17P2/c1-7-9-11-13-15-17-19-21-22-23-24-25-26-31-34-41-47-53-59-65-71-86(91)103-83(76-98-85(90)70-64-58-52-46-40-33-30-28-27-29-32-37-43-49-55-61-67-79(3)4)78-102-106(95,96)100-74-81(88)73-99-105(93,94)101-77-82(75-97-84(89)69-63-57-51-45-39-20-18-16-14-12-10-8-2)104-87(92)72-66-60-54-48-42-36-35-38-44-50-56-62-68-80(5)6/h79-83,88H,7-78H2,1-6H3,(H,93,94)(H,95,96)/t81-,82+,83+/m0/s1. The largest absolute Gasteiger partial charge is 0.472 e. The molecule has 0 aromatic heterocycles. The fourth-order valence-electron chi connectivity index (χ4n) is 13.6. The van der Waals surface area contributed by atoms with Gasteiger partial charge in [0.25, 0.3) is 0 Å². The molecule has 106 heavy (non-hydrogen) atoms. The summed E-state index contributed by atoms with van der Waals surface area (Å²) in [6.45, 7) is 9.72. The lowest BCUT2D eigenvalue weighted by atomic mass is 10.0. The molecule has 0 aliphatic heterocycles. The van der Waals surface area contributed by atoms with Gasteiger partial charge in [-0.05, 0) is 37.5 Å². The van der Waals surface area contributed by atoms with Crippen molar-refractivity contribution in [1.29, 1.82) is 0 Å². The van der Waals surface area contributed by atoms with Gasteiger partial charge in [-0.1, -0.05) is 414 Å². The molecular weight excluding hydrogens is 1380 g/mol. The Morgan fingerprint density at radius 1 is 0.255 bits per heavy atom. The summed E-state index contributed by atoms with van der Waals surface area (Å²) in [5.74, 6) is -0.510. The minimum atomic E-state index is -4.97. The molecule has 0 aromatic carbocycles. The lowest BCUT2D eigenvalue weighted by Crippen LogP contribution is -2.30. The summed E-state index contributed by atoms with van der Waals surface area (Å²) < 4.78 is 69.0. The van der Waals surface area contributed by atoms with E-state index in [-0.39, 0.29) is 25.7 Å². The molecule has 2 unspecified atom stereocenters. The highest BCUT2D eigenvalue weighted by Crippen LogP contribution is 2.45. The Morgan fingerprint density at radius 2 is 0.434 bits per heavy atom. The molecule has 19 heteroatoms. The minimum absolute atomic E-state index is 0.108. The number of phosphoric acid groups is 2. The van der Waals surface area contributed by atoms with Crippen LogP contribution < -0.4 is 0 Å². The Kier molecular flexibility index (Phi) is 76.9. The second-order valence-electron chi connectivity index (χ2n) is 32.2. The fraction of sp³-hybridized carbons (Fsp3) is 0.954. The zero-order valence-corrected chi connectivity index (χ0v) is 71.5. The Hall–Kier alpha value is -1.94. The summed E-state index contributed by atoms with van der Waals surface area (Å²) in [5.41, 5.74) is 0. The predicted octanol–water partition coefficient (Wildman–Crippen LogP) is 26.6. The van der Waals surface area contributed by atoms with Gasteiger partial charge in [-0.2, -0.15) is 0 Å². The lowest BCUT2D eigenvalue weighted by Gasteiger charge is -2.21. The van der Waals surface area contributed by atoms with Gasteiger partial charge in [0.05, 0.1) is 26.4 Å². The Balaban J connectivity index is 5.25. The molecule has 0 fully saturated rings.